The van der Waals surface area contributed by atoms with Crippen molar-refractivity contribution < 1.29 is 4.74 Å². The van der Waals surface area contributed by atoms with Crippen LogP contribution in [0.3, 0.4) is 0 Å². The van der Waals surface area contributed by atoms with E-state index in [0.717, 1.165) is 11.4 Å². The summed E-state index contributed by atoms with van der Waals surface area (Å²) in [7, 11) is 7.16. The summed E-state index contributed by atoms with van der Waals surface area (Å²) in [5.74, 6) is 0.698. The Morgan fingerprint density at radius 3 is 2.56 bits per heavy atom. The molecular formula is C11H16ClN5O. The Hall–Kier alpha value is -1.53. The fraction of sp³-hybridized carbons (Fsp3) is 0.455. The van der Waals surface area contributed by atoms with Crippen molar-refractivity contribution in [3.05, 3.63) is 28.7 Å². The molecule has 0 aliphatic carbocycles. The maximum Gasteiger partial charge on any atom is 0.211 e. The lowest BCUT2D eigenvalue weighted by Gasteiger charge is -2.14. The Morgan fingerprint density at radius 2 is 2.11 bits per heavy atom. The Balaban J connectivity index is 2.45. The first-order valence-corrected chi connectivity index (χ1v) is 5.88. The molecule has 2 aromatic rings. The molecule has 0 spiro atoms. The molecule has 1 unspecified atom stereocenters. The van der Waals surface area contributed by atoms with Crippen LogP contribution in [-0.2, 0) is 14.1 Å². The van der Waals surface area contributed by atoms with Gasteiger partial charge in [0.1, 0.15) is 0 Å². The highest BCUT2D eigenvalue weighted by atomic mass is 35.5. The Labute approximate surface area is 110 Å². The van der Waals surface area contributed by atoms with Gasteiger partial charge in [0.25, 0.3) is 0 Å². The number of rotatable bonds is 4. The number of halogens is 1. The zero-order chi connectivity index (χ0) is 13.3. The predicted molar refractivity (Wildman–Crippen MR) is 68.9 cm³/mol. The number of nitrogens with zero attached hydrogens (tertiary/aromatic N) is 4. The van der Waals surface area contributed by atoms with Crippen LogP contribution >= 0.6 is 11.6 Å². The van der Waals surface area contributed by atoms with Gasteiger partial charge in [0, 0.05) is 20.2 Å². The summed E-state index contributed by atoms with van der Waals surface area (Å²) in [6.07, 6.45) is 1.63. The van der Waals surface area contributed by atoms with Crippen molar-refractivity contribution in [2.24, 2.45) is 14.1 Å². The highest BCUT2D eigenvalue weighted by Crippen LogP contribution is 2.28. The minimum Gasteiger partial charge on any atom is -0.481 e. The lowest BCUT2D eigenvalue weighted by molar-refractivity contribution is 0.373. The molecule has 0 aliphatic rings. The molecule has 0 saturated heterocycles. The van der Waals surface area contributed by atoms with Crippen molar-refractivity contribution in [1.29, 1.82) is 0 Å². The first kappa shape index (κ1) is 12.9. The van der Waals surface area contributed by atoms with Gasteiger partial charge in [0.2, 0.25) is 5.88 Å². The predicted octanol–water partition coefficient (Wildman–Crippen LogP) is 1.12. The molecule has 2 aromatic heterocycles. The molecule has 1 N–H and O–H groups in total. The van der Waals surface area contributed by atoms with E-state index in [1.165, 1.54) is 0 Å². The lowest BCUT2D eigenvalue weighted by atomic mass is 10.1. The molecule has 0 fully saturated rings. The third-order valence-corrected chi connectivity index (χ3v) is 3.15. The number of nitrogens with one attached hydrogen (secondary N) is 1. The van der Waals surface area contributed by atoms with E-state index in [1.54, 1.807) is 22.7 Å². The maximum absolute atomic E-state index is 6.16. The van der Waals surface area contributed by atoms with Crippen LogP contribution in [-0.4, -0.2) is 33.7 Å². The second-order valence-electron chi connectivity index (χ2n) is 3.96. The molecule has 6 nitrogen and oxygen atoms in total. The van der Waals surface area contributed by atoms with Crippen molar-refractivity contribution in [3.63, 3.8) is 0 Å². The van der Waals surface area contributed by atoms with Gasteiger partial charge in [-0.2, -0.15) is 10.2 Å². The molecule has 1 atom stereocenters. The van der Waals surface area contributed by atoms with Crippen molar-refractivity contribution in [3.8, 4) is 5.88 Å². The fourth-order valence-corrected chi connectivity index (χ4v) is 2.25. The van der Waals surface area contributed by atoms with Crippen LogP contribution in [0.15, 0.2) is 12.3 Å². The lowest BCUT2D eigenvalue weighted by Crippen LogP contribution is -2.21. The van der Waals surface area contributed by atoms with E-state index in [1.807, 2.05) is 27.2 Å². The number of aromatic nitrogens is 4. The zero-order valence-electron chi connectivity index (χ0n) is 10.8. The van der Waals surface area contributed by atoms with Gasteiger partial charge in [0.15, 0.2) is 0 Å². The molecule has 2 heterocycles. The van der Waals surface area contributed by atoms with E-state index in [4.69, 9.17) is 16.3 Å². The topological polar surface area (TPSA) is 56.9 Å². The summed E-state index contributed by atoms with van der Waals surface area (Å²) in [5, 5.41) is 12.4. The number of methoxy groups -OCH3 is 1. The average Bonchev–Trinajstić information content (AvgIpc) is 2.87. The second kappa shape index (κ2) is 4.99. The minimum absolute atomic E-state index is 0.125. The van der Waals surface area contributed by atoms with Crippen molar-refractivity contribution in [1.82, 2.24) is 24.9 Å². The first-order chi connectivity index (χ1) is 8.58. The standard InChI is InChI=1S/C11H16ClN5O/c1-13-10(11-7(12)6-14-17(11)3)8-5-9(18-4)16(2)15-8/h5-6,10,13H,1-4H3. The summed E-state index contributed by atoms with van der Waals surface area (Å²) in [4.78, 5) is 0. The minimum atomic E-state index is -0.125. The molecule has 0 aromatic carbocycles. The highest BCUT2D eigenvalue weighted by molar-refractivity contribution is 6.31. The van der Waals surface area contributed by atoms with E-state index in [-0.39, 0.29) is 6.04 Å². The number of aryl methyl sites for hydroxylation is 2. The summed E-state index contributed by atoms with van der Waals surface area (Å²) >= 11 is 6.16. The van der Waals surface area contributed by atoms with Crippen LogP contribution in [0.2, 0.25) is 5.02 Å². The van der Waals surface area contributed by atoms with Gasteiger partial charge in [-0.15, -0.1) is 0 Å². The molecule has 0 amide bonds. The van der Waals surface area contributed by atoms with Crippen molar-refractivity contribution >= 4 is 11.6 Å². The third-order valence-electron chi connectivity index (χ3n) is 2.86. The summed E-state index contributed by atoms with van der Waals surface area (Å²) in [6.45, 7) is 0. The first-order valence-electron chi connectivity index (χ1n) is 5.51. The largest absolute Gasteiger partial charge is 0.481 e. The van der Waals surface area contributed by atoms with Gasteiger partial charge in [0.05, 0.1) is 35.8 Å². The van der Waals surface area contributed by atoms with Gasteiger partial charge < -0.3 is 10.1 Å². The van der Waals surface area contributed by atoms with Gasteiger partial charge in [-0.25, -0.2) is 4.68 Å². The smallest absolute Gasteiger partial charge is 0.211 e. The van der Waals surface area contributed by atoms with Crippen molar-refractivity contribution in [2.75, 3.05) is 14.2 Å². The summed E-state index contributed by atoms with van der Waals surface area (Å²) in [5.41, 5.74) is 1.71. The van der Waals surface area contributed by atoms with Gasteiger partial charge in [-0.3, -0.25) is 4.68 Å². The normalized spacial score (nSPS) is 12.7. The van der Waals surface area contributed by atoms with Gasteiger partial charge in [-0.1, -0.05) is 11.6 Å². The average molecular weight is 270 g/mol. The molecule has 2 rings (SSSR count). The van der Waals surface area contributed by atoms with Crippen LogP contribution < -0.4 is 10.1 Å². The molecule has 18 heavy (non-hydrogen) atoms. The van der Waals surface area contributed by atoms with E-state index in [2.05, 4.69) is 15.5 Å². The molecule has 0 radical (unpaired) electrons. The van der Waals surface area contributed by atoms with Gasteiger partial charge >= 0.3 is 0 Å². The SMILES string of the molecule is CNC(c1cc(OC)n(C)n1)c1c(Cl)cnn1C. The number of ether oxygens (including phenoxy) is 1. The summed E-state index contributed by atoms with van der Waals surface area (Å²) in [6, 6.07) is 1.75. The quantitative estimate of drug-likeness (QED) is 0.904. The molecule has 7 heteroatoms. The Bertz CT molecular complexity index is 528. The zero-order valence-corrected chi connectivity index (χ0v) is 11.6. The molecular weight excluding hydrogens is 254 g/mol. The van der Waals surface area contributed by atoms with E-state index < -0.39 is 0 Å². The van der Waals surface area contributed by atoms with E-state index in [0.29, 0.717) is 10.9 Å². The fourth-order valence-electron chi connectivity index (χ4n) is 1.97. The van der Waals surface area contributed by atoms with Crippen LogP contribution in [0.5, 0.6) is 5.88 Å². The van der Waals surface area contributed by atoms with Crippen LogP contribution in [0, 0.1) is 0 Å². The van der Waals surface area contributed by atoms with Crippen molar-refractivity contribution in [2.45, 2.75) is 6.04 Å². The summed E-state index contributed by atoms with van der Waals surface area (Å²) < 4.78 is 8.64. The second-order valence-corrected chi connectivity index (χ2v) is 4.37. The number of hydrogen-bond donors (Lipinski definition) is 1. The third kappa shape index (κ3) is 2.09. The Kier molecular flexibility index (Phi) is 3.58. The molecule has 98 valence electrons. The van der Waals surface area contributed by atoms with Crippen LogP contribution in [0.4, 0.5) is 0 Å². The van der Waals surface area contributed by atoms with Gasteiger partial charge in [-0.05, 0) is 7.05 Å². The molecule has 0 aliphatic heterocycles. The molecule has 0 saturated carbocycles. The van der Waals surface area contributed by atoms with E-state index >= 15 is 0 Å². The van der Waals surface area contributed by atoms with Crippen LogP contribution in [0.1, 0.15) is 17.4 Å². The molecule has 0 bridgehead atoms. The van der Waals surface area contributed by atoms with E-state index in [9.17, 15) is 0 Å². The maximum atomic E-state index is 6.16. The Morgan fingerprint density at radius 1 is 1.39 bits per heavy atom. The van der Waals surface area contributed by atoms with Crippen LogP contribution in [0.25, 0.3) is 0 Å². The number of hydrogen-bond acceptors (Lipinski definition) is 4. The monoisotopic (exact) mass is 269 g/mol. The highest BCUT2D eigenvalue weighted by Gasteiger charge is 2.23.